The van der Waals surface area contributed by atoms with Crippen LogP contribution in [0.1, 0.15) is 30.9 Å². The van der Waals surface area contributed by atoms with Gasteiger partial charge in [0.1, 0.15) is 0 Å². The fourth-order valence-corrected chi connectivity index (χ4v) is 2.23. The number of phenolic OH excluding ortho intramolecular Hbond substituents is 1. The molecule has 0 spiro atoms. The highest BCUT2D eigenvalue weighted by Crippen LogP contribution is 2.26. The van der Waals surface area contributed by atoms with Gasteiger partial charge in [-0.15, -0.1) is 0 Å². The first-order chi connectivity index (χ1) is 13.1. The molecule has 0 bridgehead atoms. The minimum atomic E-state index is -0.357. The van der Waals surface area contributed by atoms with Crippen molar-refractivity contribution in [2.24, 2.45) is 5.10 Å². The molecule has 2 aromatic carbocycles. The monoisotopic (exact) mass is 369 g/mol. The van der Waals surface area contributed by atoms with Gasteiger partial charge in [-0.2, -0.15) is 5.10 Å². The van der Waals surface area contributed by atoms with E-state index in [1.807, 2.05) is 37.3 Å². The van der Waals surface area contributed by atoms with E-state index in [-0.39, 0.29) is 30.4 Å². The number of hydrogen-bond acceptors (Lipinski definition) is 5. The van der Waals surface area contributed by atoms with E-state index in [1.165, 1.54) is 12.3 Å². The first-order valence-electron chi connectivity index (χ1n) is 8.67. The van der Waals surface area contributed by atoms with Gasteiger partial charge < -0.3 is 15.2 Å². The third kappa shape index (κ3) is 7.19. The molecule has 0 atom stereocenters. The van der Waals surface area contributed by atoms with Gasteiger partial charge in [0.15, 0.2) is 11.5 Å². The van der Waals surface area contributed by atoms with Crippen molar-refractivity contribution in [2.45, 2.75) is 26.3 Å². The van der Waals surface area contributed by atoms with Crippen LogP contribution in [0.2, 0.25) is 0 Å². The molecule has 142 valence electrons. The van der Waals surface area contributed by atoms with Gasteiger partial charge in [0, 0.05) is 19.4 Å². The Morgan fingerprint density at radius 1 is 1.11 bits per heavy atom. The number of aromatic hydroxyl groups is 1. The zero-order chi connectivity index (χ0) is 19.5. The fourth-order valence-electron chi connectivity index (χ4n) is 2.23. The van der Waals surface area contributed by atoms with E-state index in [4.69, 9.17) is 4.74 Å². The van der Waals surface area contributed by atoms with Crippen molar-refractivity contribution in [3.8, 4) is 11.5 Å². The van der Waals surface area contributed by atoms with Gasteiger partial charge in [0.05, 0.1) is 12.8 Å². The van der Waals surface area contributed by atoms with E-state index in [0.29, 0.717) is 24.5 Å². The van der Waals surface area contributed by atoms with Gasteiger partial charge in [-0.25, -0.2) is 5.43 Å². The lowest BCUT2D eigenvalue weighted by Crippen LogP contribution is -2.25. The van der Waals surface area contributed by atoms with Crippen LogP contribution in [0.3, 0.4) is 0 Å². The molecule has 0 fully saturated rings. The molecule has 7 nitrogen and oxygen atoms in total. The fraction of sp³-hybridized carbons (Fsp3) is 0.250. The summed E-state index contributed by atoms with van der Waals surface area (Å²) in [6, 6.07) is 14.3. The third-order valence-corrected chi connectivity index (χ3v) is 3.60. The van der Waals surface area contributed by atoms with Crippen molar-refractivity contribution in [3.05, 3.63) is 59.7 Å². The Hall–Kier alpha value is -3.35. The van der Waals surface area contributed by atoms with Crippen LogP contribution in [0.15, 0.2) is 53.6 Å². The highest BCUT2D eigenvalue weighted by Gasteiger charge is 2.06. The molecule has 2 aromatic rings. The summed E-state index contributed by atoms with van der Waals surface area (Å²) in [5.41, 5.74) is 4.04. The lowest BCUT2D eigenvalue weighted by atomic mass is 10.2. The van der Waals surface area contributed by atoms with Crippen LogP contribution in [0.4, 0.5) is 0 Å². The topological polar surface area (TPSA) is 100 Å². The number of phenols is 1. The molecule has 0 saturated carbocycles. The quantitative estimate of drug-likeness (QED) is 0.466. The Labute approximate surface area is 158 Å². The number of benzene rings is 2. The van der Waals surface area contributed by atoms with Gasteiger partial charge in [-0.3, -0.25) is 9.59 Å². The molecule has 0 aliphatic rings. The molecule has 0 saturated heterocycles. The van der Waals surface area contributed by atoms with E-state index in [1.54, 1.807) is 12.1 Å². The number of carbonyl (C=O) groups is 2. The summed E-state index contributed by atoms with van der Waals surface area (Å²) < 4.78 is 5.28. The number of hydrazone groups is 1. The van der Waals surface area contributed by atoms with Gasteiger partial charge >= 0.3 is 0 Å². The van der Waals surface area contributed by atoms with Crippen molar-refractivity contribution >= 4 is 18.0 Å². The maximum atomic E-state index is 11.8. The Morgan fingerprint density at radius 3 is 2.59 bits per heavy atom. The molecule has 3 N–H and O–H groups in total. The summed E-state index contributed by atoms with van der Waals surface area (Å²) >= 11 is 0. The van der Waals surface area contributed by atoms with E-state index in [9.17, 15) is 14.7 Å². The van der Waals surface area contributed by atoms with Gasteiger partial charge in [-0.1, -0.05) is 30.3 Å². The molecule has 0 unspecified atom stereocenters. The highest BCUT2D eigenvalue weighted by molar-refractivity contribution is 5.85. The van der Waals surface area contributed by atoms with E-state index in [0.717, 1.165) is 5.56 Å². The first-order valence-corrected chi connectivity index (χ1v) is 8.67. The molecule has 2 amide bonds. The van der Waals surface area contributed by atoms with E-state index in [2.05, 4.69) is 15.8 Å². The maximum absolute atomic E-state index is 11.8. The third-order valence-electron chi connectivity index (χ3n) is 3.60. The Balaban J connectivity index is 1.71. The lowest BCUT2D eigenvalue weighted by molar-refractivity contribution is -0.126. The van der Waals surface area contributed by atoms with Gasteiger partial charge in [-0.05, 0) is 36.2 Å². The Morgan fingerprint density at radius 2 is 1.85 bits per heavy atom. The maximum Gasteiger partial charge on any atom is 0.240 e. The minimum Gasteiger partial charge on any atom is -0.504 e. The normalized spacial score (nSPS) is 10.6. The molecule has 0 radical (unpaired) electrons. The van der Waals surface area contributed by atoms with E-state index >= 15 is 0 Å². The molecule has 0 aliphatic heterocycles. The second kappa shape index (κ2) is 10.6. The number of nitrogens with one attached hydrogen (secondary N) is 2. The smallest absolute Gasteiger partial charge is 0.240 e. The average molecular weight is 369 g/mol. The first kappa shape index (κ1) is 20.0. The number of hydrogen-bond donors (Lipinski definition) is 3. The van der Waals surface area contributed by atoms with Crippen molar-refractivity contribution in [3.63, 3.8) is 0 Å². The highest BCUT2D eigenvalue weighted by atomic mass is 16.5. The number of carbonyl (C=O) groups excluding carboxylic acids is 2. The molecular weight excluding hydrogens is 346 g/mol. The van der Waals surface area contributed by atoms with Crippen LogP contribution in [0.25, 0.3) is 0 Å². The standard InChI is InChI=1S/C20H23N3O4/c1-2-27-18-12-16(8-9-17(18)24)14-22-23-20(26)11-10-19(25)21-13-15-6-4-3-5-7-15/h3-9,12,14,24H,2,10-11,13H2,1H3,(H,21,25)(H,23,26)/b22-14-. The largest absolute Gasteiger partial charge is 0.504 e. The van der Waals surface area contributed by atoms with Gasteiger partial charge in [0.2, 0.25) is 11.8 Å². The lowest BCUT2D eigenvalue weighted by Gasteiger charge is -2.06. The molecule has 27 heavy (non-hydrogen) atoms. The van der Waals surface area contributed by atoms with Crippen molar-refractivity contribution in [2.75, 3.05) is 6.61 Å². The molecule has 2 rings (SSSR count). The second-order valence-electron chi connectivity index (χ2n) is 5.72. The number of ether oxygens (including phenoxy) is 1. The number of rotatable bonds is 9. The van der Waals surface area contributed by atoms with Crippen molar-refractivity contribution in [1.82, 2.24) is 10.7 Å². The zero-order valence-electron chi connectivity index (χ0n) is 15.1. The van der Waals surface area contributed by atoms with Crippen LogP contribution in [-0.2, 0) is 16.1 Å². The van der Waals surface area contributed by atoms with Crippen LogP contribution in [0, 0.1) is 0 Å². The van der Waals surface area contributed by atoms with E-state index < -0.39 is 0 Å². The summed E-state index contributed by atoms with van der Waals surface area (Å²) in [6.45, 7) is 2.68. The predicted molar refractivity (Wildman–Crippen MR) is 103 cm³/mol. The average Bonchev–Trinajstić information content (AvgIpc) is 2.68. The Kier molecular flexibility index (Phi) is 7.84. The predicted octanol–water partition coefficient (Wildman–Crippen LogP) is 2.34. The molecule has 0 aliphatic carbocycles. The zero-order valence-corrected chi connectivity index (χ0v) is 15.1. The Bertz CT molecular complexity index is 791. The summed E-state index contributed by atoms with van der Waals surface area (Å²) in [5.74, 6) is -0.162. The SMILES string of the molecule is CCOc1cc(/C=N\NC(=O)CCC(=O)NCc2ccccc2)ccc1O. The van der Waals surface area contributed by atoms with Crippen LogP contribution in [0.5, 0.6) is 11.5 Å². The van der Waals surface area contributed by atoms with Crippen molar-refractivity contribution in [1.29, 1.82) is 0 Å². The van der Waals surface area contributed by atoms with Crippen molar-refractivity contribution < 1.29 is 19.4 Å². The van der Waals surface area contributed by atoms with Crippen LogP contribution >= 0.6 is 0 Å². The molecule has 7 heteroatoms. The second-order valence-corrected chi connectivity index (χ2v) is 5.72. The molecule has 0 aromatic heterocycles. The summed E-state index contributed by atoms with van der Waals surface area (Å²) in [5, 5.41) is 16.3. The van der Waals surface area contributed by atoms with Gasteiger partial charge in [0.25, 0.3) is 0 Å². The molecule has 0 heterocycles. The minimum absolute atomic E-state index is 0.0394. The van der Waals surface area contributed by atoms with Crippen LogP contribution < -0.4 is 15.5 Å². The summed E-state index contributed by atoms with van der Waals surface area (Å²) in [4.78, 5) is 23.5. The van der Waals surface area contributed by atoms with Crippen LogP contribution in [-0.4, -0.2) is 29.7 Å². The number of amides is 2. The summed E-state index contributed by atoms with van der Waals surface area (Å²) in [7, 11) is 0. The molecular formula is C20H23N3O4. The number of nitrogens with zero attached hydrogens (tertiary/aromatic N) is 1. The summed E-state index contributed by atoms with van der Waals surface area (Å²) in [6.07, 6.45) is 1.56.